The van der Waals surface area contributed by atoms with Crippen molar-refractivity contribution in [1.82, 2.24) is 5.32 Å². The molecule has 0 fully saturated rings. The first-order valence-electron chi connectivity index (χ1n) is 14.5. The van der Waals surface area contributed by atoms with Crippen LogP contribution >= 0.6 is 0 Å². The fraction of sp³-hybridized carbons (Fsp3) is 0.297. The van der Waals surface area contributed by atoms with Crippen molar-refractivity contribution in [2.75, 3.05) is 7.11 Å². The molecule has 2 atom stereocenters. The molecule has 1 amide bonds. The van der Waals surface area contributed by atoms with Crippen LogP contribution in [0.2, 0.25) is 0 Å². The third kappa shape index (κ3) is 5.38. The van der Waals surface area contributed by atoms with Crippen LogP contribution in [-0.4, -0.2) is 24.1 Å². The quantitative estimate of drug-likeness (QED) is 0.191. The molecule has 1 heterocycles. The molecule has 0 aromatic heterocycles. The van der Waals surface area contributed by atoms with Crippen LogP contribution in [0.5, 0.6) is 17.2 Å². The van der Waals surface area contributed by atoms with Gasteiger partial charge in [0.25, 0.3) is 5.91 Å². The Morgan fingerprint density at radius 2 is 1.40 bits per heavy atom. The molecule has 4 aromatic rings. The van der Waals surface area contributed by atoms with Gasteiger partial charge in [-0.3, -0.25) is 4.79 Å². The van der Waals surface area contributed by atoms with Crippen LogP contribution in [0.1, 0.15) is 85.6 Å². The van der Waals surface area contributed by atoms with Gasteiger partial charge in [-0.15, -0.1) is 0 Å². The largest absolute Gasteiger partial charge is 0.507 e. The van der Waals surface area contributed by atoms with E-state index in [1.165, 1.54) is 0 Å². The zero-order chi connectivity index (χ0) is 31.2. The topological polar surface area (TPSA) is 84.9 Å². The number of aromatic hydroxyl groups is 1. The van der Waals surface area contributed by atoms with Crippen LogP contribution in [0.15, 0.2) is 91.0 Å². The lowest BCUT2D eigenvalue weighted by atomic mass is 9.67. The standard InChI is InChI=1S/C37H39NO5/c1-35(2,3)28-20-24(21-29(32(28)39)36(4,5)6)31-27-19-18-26(42-7)22-30(27)43-34(41)37(31,25-16-12-9-13-17-25)38-33(40)23-14-10-8-11-15-23/h8-22,31,39H,1-7H3,(H,38,40)/t31-,37+/m1/s1. The van der Waals surface area contributed by atoms with Crippen molar-refractivity contribution in [3.63, 3.8) is 0 Å². The summed E-state index contributed by atoms with van der Waals surface area (Å²) in [6.07, 6.45) is 0. The molecule has 2 N–H and O–H groups in total. The summed E-state index contributed by atoms with van der Waals surface area (Å²) in [5.74, 6) is -0.603. The Hall–Kier alpha value is -4.58. The summed E-state index contributed by atoms with van der Waals surface area (Å²) >= 11 is 0. The van der Waals surface area contributed by atoms with Gasteiger partial charge in [-0.05, 0) is 51.3 Å². The Bertz CT molecular complexity index is 1630. The molecular formula is C37H39NO5. The van der Waals surface area contributed by atoms with Gasteiger partial charge >= 0.3 is 5.97 Å². The summed E-state index contributed by atoms with van der Waals surface area (Å²) < 4.78 is 11.5. The van der Waals surface area contributed by atoms with Crippen molar-refractivity contribution in [3.8, 4) is 17.2 Å². The molecule has 0 aliphatic carbocycles. The minimum Gasteiger partial charge on any atom is -0.507 e. The lowest BCUT2D eigenvalue weighted by Crippen LogP contribution is -2.59. The van der Waals surface area contributed by atoms with E-state index in [1.807, 2.05) is 102 Å². The number of phenols is 1. The maximum Gasteiger partial charge on any atom is 0.343 e. The van der Waals surface area contributed by atoms with Gasteiger partial charge in [-0.2, -0.15) is 0 Å². The van der Waals surface area contributed by atoms with Gasteiger partial charge in [0.1, 0.15) is 17.2 Å². The molecule has 4 aromatic carbocycles. The number of phenolic OH excluding ortho intramolecular Hbond substituents is 1. The number of hydrogen-bond acceptors (Lipinski definition) is 5. The van der Waals surface area contributed by atoms with E-state index < -0.39 is 34.2 Å². The van der Waals surface area contributed by atoms with Crippen molar-refractivity contribution >= 4 is 11.9 Å². The fourth-order valence-corrected chi connectivity index (χ4v) is 5.92. The van der Waals surface area contributed by atoms with E-state index in [2.05, 4.69) is 5.32 Å². The number of esters is 1. The normalized spacial score (nSPS) is 18.4. The van der Waals surface area contributed by atoms with E-state index in [1.54, 1.807) is 37.4 Å². The lowest BCUT2D eigenvalue weighted by Gasteiger charge is -2.44. The molecule has 0 saturated carbocycles. The number of hydrogen-bond donors (Lipinski definition) is 2. The highest BCUT2D eigenvalue weighted by atomic mass is 16.5. The Morgan fingerprint density at radius 3 is 1.93 bits per heavy atom. The van der Waals surface area contributed by atoms with E-state index in [0.717, 1.165) is 16.7 Å². The predicted molar refractivity (Wildman–Crippen MR) is 168 cm³/mol. The van der Waals surface area contributed by atoms with Gasteiger partial charge in [0.2, 0.25) is 0 Å². The number of methoxy groups -OCH3 is 1. The van der Waals surface area contributed by atoms with Gasteiger partial charge in [0, 0.05) is 17.2 Å². The monoisotopic (exact) mass is 577 g/mol. The molecule has 0 unspecified atom stereocenters. The highest BCUT2D eigenvalue weighted by Crippen LogP contribution is 2.52. The molecule has 5 rings (SSSR count). The molecular weight excluding hydrogens is 538 g/mol. The molecule has 1 aliphatic heterocycles. The molecule has 0 radical (unpaired) electrons. The van der Waals surface area contributed by atoms with Gasteiger partial charge in [0.15, 0.2) is 5.54 Å². The molecule has 6 heteroatoms. The predicted octanol–water partition coefficient (Wildman–Crippen LogP) is 7.37. The third-order valence-corrected chi connectivity index (χ3v) is 8.15. The number of fused-ring (bicyclic) bond motifs is 1. The zero-order valence-electron chi connectivity index (χ0n) is 25.8. The number of carbonyl (C=O) groups is 2. The summed E-state index contributed by atoms with van der Waals surface area (Å²) in [6, 6.07) is 27.4. The Morgan fingerprint density at radius 1 is 0.837 bits per heavy atom. The van der Waals surface area contributed by atoms with Crippen LogP contribution in [0.3, 0.4) is 0 Å². The number of nitrogens with one attached hydrogen (secondary N) is 1. The summed E-state index contributed by atoms with van der Waals surface area (Å²) in [7, 11) is 1.56. The Labute approximate surface area is 253 Å². The fourth-order valence-electron chi connectivity index (χ4n) is 5.92. The first-order chi connectivity index (χ1) is 20.3. The Kier molecular flexibility index (Phi) is 7.59. The second-order valence-corrected chi connectivity index (χ2v) is 13.2. The second kappa shape index (κ2) is 10.9. The Balaban J connectivity index is 1.89. The smallest absolute Gasteiger partial charge is 0.343 e. The lowest BCUT2D eigenvalue weighted by molar-refractivity contribution is -0.144. The minimum atomic E-state index is -1.64. The van der Waals surface area contributed by atoms with E-state index in [4.69, 9.17) is 9.47 Å². The summed E-state index contributed by atoms with van der Waals surface area (Å²) in [5.41, 5.74) is 1.51. The summed E-state index contributed by atoms with van der Waals surface area (Å²) in [6.45, 7) is 12.3. The number of amides is 1. The van der Waals surface area contributed by atoms with E-state index in [-0.39, 0.29) is 5.75 Å². The van der Waals surface area contributed by atoms with Gasteiger partial charge in [0.05, 0.1) is 13.0 Å². The van der Waals surface area contributed by atoms with Crippen molar-refractivity contribution in [2.24, 2.45) is 0 Å². The highest BCUT2D eigenvalue weighted by molar-refractivity contribution is 6.00. The van der Waals surface area contributed by atoms with E-state index in [9.17, 15) is 14.7 Å². The molecule has 0 spiro atoms. The number of rotatable bonds is 5. The molecule has 43 heavy (non-hydrogen) atoms. The zero-order valence-corrected chi connectivity index (χ0v) is 25.8. The maximum absolute atomic E-state index is 14.5. The maximum atomic E-state index is 14.5. The van der Waals surface area contributed by atoms with Crippen molar-refractivity contribution in [3.05, 3.63) is 124 Å². The third-order valence-electron chi connectivity index (χ3n) is 8.15. The van der Waals surface area contributed by atoms with Gasteiger partial charge in [-0.25, -0.2) is 4.79 Å². The summed E-state index contributed by atoms with van der Waals surface area (Å²) in [4.78, 5) is 28.5. The van der Waals surface area contributed by atoms with Gasteiger partial charge in [-0.1, -0.05) is 108 Å². The van der Waals surface area contributed by atoms with E-state index >= 15 is 0 Å². The first-order valence-corrected chi connectivity index (χ1v) is 14.5. The number of ether oxygens (including phenoxy) is 2. The van der Waals surface area contributed by atoms with Crippen molar-refractivity contribution < 1.29 is 24.2 Å². The molecule has 6 nitrogen and oxygen atoms in total. The molecule has 1 aliphatic rings. The van der Waals surface area contributed by atoms with E-state index in [0.29, 0.717) is 28.2 Å². The van der Waals surface area contributed by atoms with Crippen molar-refractivity contribution in [2.45, 2.75) is 63.8 Å². The van der Waals surface area contributed by atoms with Crippen LogP contribution in [-0.2, 0) is 21.2 Å². The van der Waals surface area contributed by atoms with Crippen LogP contribution in [0, 0.1) is 0 Å². The average molecular weight is 578 g/mol. The molecule has 222 valence electrons. The second-order valence-electron chi connectivity index (χ2n) is 13.2. The van der Waals surface area contributed by atoms with Crippen LogP contribution < -0.4 is 14.8 Å². The molecule has 0 bridgehead atoms. The average Bonchev–Trinajstić information content (AvgIpc) is 2.97. The van der Waals surface area contributed by atoms with Crippen LogP contribution in [0.25, 0.3) is 0 Å². The highest BCUT2D eigenvalue weighted by Gasteiger charge is 2.55. The van der Waals surface area contributed by atoms with Gasteiger partial charge < -0.3 is 19.9 Å². The number of carbonyl (C=O) groups excluding carboxylic acids is 2. The minimum absolute atomic E-state index is 0.232. The van der Waals surface area contributed by atoms with Crippen LogP contribution in [0.4, 0.5) is 0 Å². The molecule has 0 saturated heterocycles. The number of benzene rings is 4. The summed E-state index contributed by atoms with van der Waals surface area (Å²) in [5, 5.41) is 14.7. The SMILES string of the molecule is COc1ccc2c(c1)OC(=O)[C@](NC(=O)c1ccccc1)(c1ccccc1)[C@@H]2c1cc(C(C)(C)C)c(O)c(C(C)(C)C)c1. The first kappa shape index (κ1) is 29.9. The van der Waals surface area contributed by atoms with Crippen molar-refractivity contribution in [1.29, 1.82) is 0 Å².